The Morgan fingerprint density at radius 3 is 1.82 bits per heavy atom. The lowest BCUT2D eigenvalue weighted by Crippen LogP contribution is -2.19. The zero-order chi connectivity index (χ0) is 16.2. The molecule has 0 atom stereocenters. The Labute approximate surface area is 135 Å². The first-order valence-electron chi connectivity index (χ1n) is 6.16. The highest BCUT2D eigenvalue weighted by molar-refractivity contribution is 9.08. The van der Waals surface area contributed by atoms with Crippen LogP contribution in [0.4, 0.5) is 20.1 Å². The molecule has 2 N–H and O–H groups in total. The third-order valence-corrected chi connectivity index (χ3v) is 4.24. The topological polar surface area (TPSA) is 75.3 Å². The van der Waals surface area contributed by atoms with Crippen LogP contribution < -0.4 is 10.6 Å². The van der Waals surface area contributed by atoms with Crippen LogP contribution in [0.25, 0.3) is 0 Å². The van der Waals surface area contributed by atoms with E-state index in [1.807, 2.05) is 12.1 Å². The monoisotopic (exact) mass is 386 g/mol. The fourth-order valence-corrected chi connectivity index (χ4v) is 2.51. The summed E-state index contributed by atoms with van der Waals surface area (Å²) >= 11 is 3.33. The van der Waals surface area contributed by atoms with E-state index in [0.29, 0.717) is 11.4 Å². The second-order valence-electron chi connectivity index (χ2n) is 4.37. The lowest BCUT2D eigenvalue weighted by Gasteiger charge is -2.08. The van der Waals surface area contributed by atoms with Gasteiger partial charge >= 0.3 is 16.3 Å². The van der Waals surface area contributed by atoms with Crippen LogP contribution in [0.3, 0.4) is 0 Å². The van der Waals surface area contributed by atoms with Crippen LogP contribution in [-0.4, -0.2) is 14.4 Å². The molecule has 5 nitrogen and oxygen atoms in total. The molecule has 0 fully saturated rings. The van der Waals surface area contributed by atoms with Gasteiger partial charge in [0.2, 0.25) is 0 Å². The standard InChI is InChI=1S/C14H12BrFN2O3S/c15-9-10-1-3-11(4-2-10)17-14(19)18-12-5-7-13(8-6-12)22(16,20)21/h1-8H,9H2,(H2,17,18,19). The molecule has 22 heavy (non-hydrogen) atoms. The first-order chi connectivity index (χ1) is 10.4. The molecular formula is C14H12BrFN2O3S. The number of alkyl halides is 1. The summed E-state index contributed by atoms with van der Waals surface area (Å²) in [6, 6.07) is 11.5. The fourth-order valence-electron chi connectivity index (χ4n) is 1.67. The van der Waals surface area contributed by atoms with Gasteiger partial charge in [0.05, 0.1) is 4.90 Å². The van der Waals surface area contributed by atoms with Gasteiger partial charge in [-0.25, -0.2) is 4.79 Å². The number of amides is 2. The van der Waals surface area contributed by atoms with Gasteiger partial charge in [0.15, 0.2) is 0 Å². The average Bonchev–Trinajstić information content (AvgIpc) is 2.47. The number of halogens is 2. The number of carbonyl (C=O) groups is 1. The van der Waals surface area contributed by atoms with Crippen LogP contribution >= 0.6 is 15.9 Å². The Kier molecular flexibility index (Phi) is 5.15. The number of carbonyl (C=O) groups excluding carboxylic acids is 1. The molecule has 0 saturated heterocycles. The van der Waals surface area contributed by atoms with Gasteiger partial charge in [-0.05, 0) is 42.0 Å². The highest BCUT2D eigenvalue weighted by Crippen LogP contribution is 2.17. The predicted octanol–water partition coefficient (Wildman–Crippen LogP) is 3.88. The van der Waals surface area contributed by atoms with Gasteiger partial charge in [0, 0.05) is 16.7 Å². The zero-order valence-corrected chi connectivity index (χ0v) is 13.6. The van der Waals surface area contributed by atoms with Gasteiger partial charge in [0.25, 0.3) is 0 Å². The molecule has 0 unspecified atom stereocenters. The Hall–Kier alpha value is -1.93. The van der Waals surface area contributed by atoms with Gasteiger partial charge in [0.1, 0.15) is 0 Å². The van der Waals surface area contributed by atoms with Crippen molar-refractivity contribution in [1.29, 1.82) is 0 Å². The molecule has 116 valence electrons. The largest absolute Gasteiger partial charge is 0.332 e. The number of urea groups is 1. The molecule has 0 radical (unpaired) electrons. The molecule has 0 bridgehead atoms. The lowest BCUT2D eigenvalue weighted by molar-refractivity contribution is 0.262. The van der Waals surface area contributed by atoms with Crippen molar-refractivity contribution >= 4 is 43.6 Å². The quantitative estimate of drug-likeness (QED) is 0.618. The fraction of sp³-hybridized carbons (Fsp3) is 0.0714. The molecule has 0 aliphatic rings. The molecule has 0 aromatic heterocycles. The second kappa shape index (κ2) is 6.89. The molecule has 2 aromatic rings. The number of hydrogen-bond acceptors (Lipinski definition) is 3. The minimum Gasteiger partial charge on any atom is -0.308 e. The number of anilines is 2. The van der Waals surface area contributed by atoms with E-state index in [0.717, 1.165) is 23.0 Å². The van der Waals surface area contributed by atoms with Gasteiger partial charge in [-0.2, -0.15) is 8.42 Å². The number of nitrogens with one attached hydrogen (secondary N) is 2. The maximum absolute atomic E-state index is 12.7. The van der Waals surface area contributed by atoms with Gasteiger partial charge in [-0.15, -0.1) is 3.89 Å². The summed E-state index contributed by atoms with van der Waals surface area (Å²) in [5.74, 6) is 0. The van der Waals surface area contributed by atoms with Crippen molar-refractivity contribution < 1.29 is 17.1 Å². The molecule has 0 aliphatic carbocycles. The third kappa shape index (κ3) is 4.54. The summed E-state index contributed by atoms with van der Waals surface area (Å²) in [5, 5.41) is 5.88. The van der Waals surface area contributed by atoms with E-state index in [9.17, 15) is 17.1 Å². The van der Waals surface area contributed by atoms with E-state index in [4.69, 9.17) is 0 Å². The summed E-state index contributed by atoms with van der Waals surface area (Å²) in [4.78, 5) is 11.3. The van der Waals surface area contributed by atoms with Crippen LogP contribution in [0, 0.1) is 0 Å². The van der Waals surface area contributed by atoms with Crippen LogP contribution in [0.15, 0.2) is 53.4 Å². The molecule has 8 heteroatoms. The van der Waals surface area contributed by atoms with E-state index in [1.165, 1.54) is 12.1 Å². The first kappa shape index (κ1) is 16.4. The first-order valence-corrected chi connectivity index (χ1v) is 8.66. The molecule has 2 amide bonds. The molecular weight excluding hydrogens is 375 g/mol. The number of hydrogen-bond donors (Lipinski definition) is 2. The molecule has 2 rings (SSSR count). The van der Waals surface area contributed by atoms with Crippen LogP contribution in [0.1, 0.15) is 5.56 Å². The summed E-state index contributed by atoms with van der Waals surface area (Å²) in [5.41, 5.74) is 2.04. The van der Waals surface area contributed by atoms with Crippen LogP contribution in [-0.2, 0) is 15.6 Å². The Morgan fingerprint density at radius 1 is 0.955 bits per heavy atom. The summed E-state index contributed by atoms with van der Waals surface area (Å²) in [6.07, 6.45) is 0. The zero-order valence-electron chi connectivity index (χ0n) is 11.2. The van der Waals surface area contributed by atoms with Crippen molar-refractivity contribution in [3.8, 4) is 0 Å². The maximum atomic E-state index is 12.7. The van der Waals surface area contributed by atoms with E-state index in [2.05, 4.69) is 26.6 Å². The van der Waals surface area contributed by atoms with Crippen LogP contribution in [0.2, 0.25) is 0 Å². The SMILES string of the molecule is O=C(Nc1ccc(CBr)cc1)Nc1ccc(S(=O)(=O)F)cc1. The van der Waals surface area contributed by atoms with E-state index in [-0.39, 0.29) is 0 Å². The predicted molar refractivity (Wildman–Crippen MR) is 86.5 cm³/mol. The van der Waals surface area contributed by atoms with Crippen LogP contribution in [0.5, 0.6) is 0 Å². The minimum atomic E-state index is -4.74. The molecule has 0 saturated carbocycles. The van der Waals surface area contributed by atoms with Crippen molar-refractivity contribution in [2.45, 2.75) is 10.2 Å². The lowest BCUT2D eigenvalue weighted by atomic mass is 10.2. The third-order valence-electron chi connectivity index (χ3n) is 2.76. The molecule has 0 spiro atoms. The Bertz CT molecular complexity index is 762. The van der Waals surface area contributed by atoms with Crippen molar-refractivity contribution in [2.75, 3.05) is 10.6 Å². The number of rotatable bonds is 4. The smallest absolute Gasteiger partial charge is 0.308 e. The highest BCUT2D eigenvalue weighted by atomic mass is 79.9. The second-order valence-corrected chi connectivity index (χ2v) is 6.28. The summed E-state index contributed by atoms with van der Waals surface area (Å²) in [6.45, 7) is 0. The Balaban J connectivity index is 1.99. The molecule has 0 aliphatic heterocycles. The van der Waals surface area contributed by atoms with Gasteiger partial charge < -0.3 is 10.6 Å². The van der Waals surface area contributed by atoms with Crippen molar-refractivity contribution in [3.05, 3.63) is 54.1 Å². The maximum Gasteiger partial charge on any atom is 0.332 e. The van der Waals surface area contributed by atoms with Crippen molar-refractivity contribution in [3.63, 3.8) is 0 Å². The molecule has 2 aromatic carbocycles. The van der Waals surface area contributed by atoms with E-state index >= 15 is 0 Å². The van der Waals surface area contributed by atoms with Crippen molar-refractivity contribution in [1.82, 2.24) is 0 Å². The molecule has 0 heterocycles. The minimum absolute atomic E-state index is 0.349. The van der Waals surface area contributed by atoms with Gasteiger partial charge in [-0.3, -0.25) is 0 Å². The average molecular weight is 387 g/mol. The Morgan fingerprint density at radius 2 is 1.41 bits per heavy atom. The normalized spacial score (nSPS) is 11.0. The van der Waals surface area contributed by atoms with E-state index < -0.39 is 21.1 Å². The van der Waals surface area contributed by atoms with Crippen molar-refractivity contribution in [2.24, 2.45) is 0 Å². The highest BCUT2D eigenvalue weighted by Gasteiger charge is 2.11. The van der Waals surface area contributed by atoms with E-state index in [1.54, 1.807) is 12.1 Å². The summed E-state index contributed by atoms with van der Waals surface area (Å²) < 4.78 is 34.1. The number of benzene rings is 2. The van der Waals surface area contributed by atoms with Gasteiger partial charge in [-0.1, -0.05) is 28.1 Å². The summed E-state index contributed by atoms with van der Waals surface area (Å²) in [7, 11) is -4.74.